The highest BCUT2D eigenvalue weighted by molar-refractivity contribution is 8.16. The van der Waals surface area contributed by atoms with Gasteiger partial charge in [0.2, 0.25) is 0 Å². The van der Waals surface area contributed by atoms with Crippen molar-refractivity contribution >= 4 is 40.7 Å². The molecule has 0 bridgehead atoms. The highest BCUT2D eigenvalue weighted by Crippen LogP contribution is 2.27. The van der Waals surface area contributed by atoms with Gasteiger partial charge in [-0.05, 0) is 41.3 Å². The molecule has 0 saturated heterocycles. The molecular formula is C20H12FN3O3S. The van der Waals surface area contributed by atoms with E-state index in [1.54, 1.807) is 35.9 Å². The Morgan fingerprint density at radius 2 is 1.93 bits per heavy atom. The molecule has 2 aromatic carbocycles. The molecule has 0 spiro atoms. The lowest BCUT2D eigenvalue weighted by Crippen LogP contribution is -2.35. The normalized spacial score (nSPS) is 17.0. The van der Waals surface area contributed by atoms with E-state index in [0.29, 0.717) is 10.7 Å². The van der Waals surface area contributed by atoms with Gasteiger partial charge in [-0.3, -0.25) is 15.1 Å². The molecule has 0 radical (unpaired) electrons. The molecule has 0 unspecified atom stereocenters. The number of hydrogen-bond acceptors (Lipinski definition) is 5. The largest absolute Gasteiger partial charge is 0.423 e. The molecule has 1 amide bonds. The van der Waals surface area contributed by atoms with Crippen molar-refractivity contribution in [3.05, 3.63) is 82.7 Å². The summed E-state index contributed by atoms with van der Waals surface area (Å²) >= 11 is 1.28. The summed E-state index contributed by atoms with van der Waals surface area (Å²) in [5.41, 5.74) is 0.639. The molecule has 0 saturated carbocycles. The number of halogens is 1. The second-order valence-electron chi connectivity index (χ2n) is 5.82. The van der Waals surface area contributed by atoms with Crippen molar-refractivity contribution in [1.29, 1.82) is 5.41 Å². The van der Waals surface area contributed by atoms with Gasteiger partial charge in [0.1, 0.15) is 17.4 Å². The second kappa shape index (κ2) is 7.24. The molecule has 138 valence electrons. The summed E-state index contributed by atoms with van der Waals surface area (Å²) in [4.78, 5) is 29.7. The van der Waals surface area contributed by atoms with Crippen LogP contribution in [-0.4, -0.2) is 27.8 Å². The topological polar surface area (TPSA) is 82.8 Å². The lowest BCUT2D eigenvalue weighted by molar-refractivity contribution is -0.114. The van der Waals surface area contributed by atoms with E-state index in [1.807, 2.05) is 0 Å². The van der Waals surface area contributed by atoms with Gasteiger partial charge in [-0.1, -0.05) is 36.0 Å². The van der Waals surface area contributed by atoms with Crippen molar-refractivity contribution in [3.63, 3.8) is 0 Å². The Balaban J connectivity index is 1.52. The summed E-state index contributed by atoms with van der Waals surface area (Å²) in [6.07, 6.45) is 3.22. The monoisotopic (exact) mass is 393 g/mol. The minimum absolute atomic E-state index is 0.0475. The highest BCUT2D eigenvalue weighted by Gasteiger charge is 2.30. The van der Waals surface area contributed by atoms with Crippen molar-refractivity contribution in [3.8, 4) is 5.75 Å². The van der Waals surface area contributed by atoms with Gasteiger partial charge >= 0.3 is 5.97 Å². The van der Waals surface area contributed by atoms with Crippen LogP contribution in [0.1, 0.15) is 15.9 Å². The average Bonchev–Trinajstić information content (AvgIpc) is 3.15. The van der Waals surface area contributed by atoms with E-state index in [-0.39, 0.29) is 22.7 Å². The zero-order valence-corrected chi connectivity index (χ0v) is 15.1. The van der Waals surface area contributed by atoms with Gasteiger partial charge in [0.15, 0.2) is 5.17 Å². The maximum atomic E-state index is 13.7. The van der Waals surface area contributed by atoms with Crippen molar-refractivity contribution in [2.45, 2.75) is 0 Å². The summed E-state index contributed by atoms with van der Waals surface area (Å²) in [5.74, 6) is -1.65. The molecule has 28 heavy (non-hydrogen) atoms. The number of amides is 1. The molecule has 2 aliphatic rings. The molecule has 0 aliphatic carbocycles. The third kappa shape index (κ3) is 3.37. The summed E-state index contributed by atoms with van der Waals surface area (Å²) in [5, 5.41) is 10.4. The lowest BCUT2D eigenvalue weighted by Gasteiger charge is -2.22. The van der Waals surface area contributed by atoms with E-state index in [4.69, 9.17) is 10.1 Å². The minimum Gasteiger partial charge on any atom is -0.423 e. The first kappa shape index (κ1) is 17.9. The number of carbonyl (C=O) groups excluding carboxylic acids is 2. The number of fused-ring (bicyclic) bond motifs is 1. The van der Waals surface area contributed by atoms with Gasteiger partial charge in [0.05, 0.1) is 11.1 Å². The summed E-state index contributed by atoms with van der Waals surface area (Å²) in [7, 11) is 0. The number of aliphatic imine (C=N–C) groups is 1. The third-order valence-electron chi connectivity index (χ3n) is 4.01. The number of esters is 1. The number of ether oxygens (including phenoxy) is 1. The van der Waals surface area contributed by atoms with E-state index in [2.05, 4.69) is 4.99 Å². The van der Waals surface area contributed by atoms with Crippen LogP contribution in [0.2, 0.25) is 0 Å². The van der Waals surface area contributed by atoms with Gasteiger partial charge in [0.25, 0.3) is 5.91 Å². The molecule has 0 aromatic heterocycles. The van der Waals surface area contributed by atoms with E-state index < -0.39 is 17.7 Å². The number of benzene rings is 2. The third-order valence-corrected chi connectivity index (χ3v) is 4.77. The van der Waals surface area contributed by atoms with Gasteiger partial charge < -0.3 is 4.74 Å². The smallest absolute Gasteiger partial charge is 0.346 e. The molecule has 0 fully saturated rings. The molecule has 4 rings (SSSR count). The van der Waals surface area contributed by atoms with Crippen molar-refractivity contribution in [1.82, 2.24) is 4.90 Å². The average molecular weight is 393 g/mol. The summed E-state index contributed by atoms with van der Waals surface area (Å²) in [6.45, 7) is 0. The predicted octanol–water partition coefficient (Wildman–Crippen LogP) is 3.82. The first-order chi connectivity index (χ1) is 13.5. The van der Waals surface area contributed by atoms with Crippen LogP contribution in [0.4, 0.5) is 4.39 Å². The Morgan fingerprint density at radius 3 is 2.68 bits per heavy atom. The fourth-order valence-electron chi connectivity index (χ4n) is 2.62. The van der Waals surface area contributed by atoms with E-state index in [9.17, 15) is 14.0 Å². The van der Waals surface area contributed by atoms with Crippen LogP contribution >= 0.6 is 11.8 Å². The molecule has 8 heteroatoms. The second-order valence-corrected chi connectivity index (χ2v) is 6.69. The molecule has 6 nitrogen and oxygen atoms in total. The number of amidine groups is 2. The van der Waals surface area contributed by atoms with Crippen LogP contribution in [0.15, 0.2) is 70.7 Å². The fraction of sp³-hybridized carbons (Fsp3) is 0. The summed E-state index contributed by atoms with van der Waals surface area (Å²) in [6, 6.07) is 11.9. The zero-order chi connectivity index (χ0) is 19.7. The standard InChI is InChI=1S/C20H12FN3O3S/c21-16-4-2-1-3-14(16)19(26)27-13-7-5-12(6-8-13)11-15-17(22)24-9-10-28-20(24)23-18(15)25/h1-11,22H. The van der Waals surface area contributed by atoms with Gasteiger partial charge in [0, 0.05) is 6.20 Å². The molecular weight excluding hydrogens is 381 g/mol. The van der Waals surface area contributed by atoms with E-state index >= 15 is 0 Å². The highest BCUT2D eigenvalue weighted by atomic mass is 32.2. The SMILES string of the molecule is N=C1C(=Cc2ccc(OC(=O)c3ccccc3F)cc2)C(=O)N=C2SC=CN12. The van der Waals surface area contributed by atoms with Gasteiger partial charge in [-0.2, -0.15) is 4.99 Å². The van der Waals surface area contributed by atoms with Crippen LogP contribution in [-0.2, 0) is 4.79 Å². The maximum absolute atomic E-state index is 13.7. The van der Waals surface area contributed by atoms with Crippen LogP contribution in [0.5, 0.6) is 5.75 Å². The molecule has 1 N–H and O–H groups in total. The van der Waals surface area contributed by atoms with Crippen molar-refractivity contribution in [2.24, 2.45) is 4.99 Å². The number of thioether (sulfide) groups is 1. The summed E-state index contributed by atoms with van der Waals surface area (Å²) < 4.78 is 18.8. The first-order valence-corrected chi connectivity index (χ1v) is 9.04. The Kier molecular flexibility index (Phi) is 4.62. The number of nitrogens with one attached hydrogen (secondary N) is 1. The molecule has 2 heterocycles. The zero-order valence-electron chi connectivity index (χ0n) is 14.3. The minimum atomic E-state index is -0.798. The first-order valence-electron chi connectivity index (χ1n) is 8.16. The molecule has 0 atom stereocenters. The van der Waals surface area contributed by atoms with Crippen LogP contribution in [0, 0.1) is 11.2 Å². The van der Waals surface area contributed by atoms with Gasteiger partial charge in [-0.25, -0.2) is 9.18 Å². The molecule has 2 aromatic rings. The van der Waals surface area contributed by atoms with Crippen LogP contribution in [0.25, 0.3) is 6.08 Å². The Morgan fingerprint density at radius 1 is 1.18 bits per heavy atom. The number of hydrogen-bond donors (Lipinski definition) is 1. The fourth-order valence-corrected chi connectivity index (χ4v) is 3.32. The van der Waals surface area contributed by atoms with Crippen molar-refractivity contribution < 1.29 is 18.7 Å². The number of nitrogens with zero attached hydrogens (tertiary/aromatic N) is 2. The molecule has 2 aliphatic heterocycles. The predicted molar refractivity (Wildman–Crippen MR) is 105 cm³/mol. The number of rotatable bonds is 3. The van der Waals surface area contributed by atoms with E-state index in [0.717, 1.165) is 0 Å². The van der Waals surface area contributed by atoms with E-state index in [1.165, 1.54) is 47.0 Å². The Labute approximate surface area is 163 Å². The van der Waals surface area contributed by atoms with Crippen molar-refractivity contribution in [2.75, 3.05) is 0 Å². The Bertz CT molecular complexity index is 1090. The number of carbonyl (C=O) groups is 2. The van der Waals surface area contributed by atoms with Crippen LogP contribution < -0.4 is 4.74 Å². The lowest BCUT2D eigenvalue weighted by atomic mass is 10.1. The van der Waals surface area contributed by atoms with Gasteiger partial charge in [-0.15, -0.1) is 0 Å². The van der Waals surface area contributed by atoms with Crippen LogP contribution in [0.3, 0.4) is 0 Å². The maximum Gasteiger partial charge on any atom is 0.346 e. The Hall–Kier alpha value is -3.52. The quantitative estimate of drug-likeness (QED) is 0.487.